The molecule has 0 aliphatic heterocycles. The van der Waals surface area contributed by atoms with Crippen LogP contribution in [0.4, 0.5) is 8.78 Å². The fraction of sp³-hybridized carbons (Fsp3) is 1.00. The first-order valence-corrected chi connectivity index (χ1v) is 13.3. The molecule has 0 amide bonds. The predicted octanol–water partition coefficient (Wildman–Crippen LogP) is 6.58. The fourth-order valence-electron chi connectivity index (χ4n) is 9.46. The molecule has 4 heteroatoms. The van der Waals surface area contributed by atoms with Gasteiger partial charge in [0.1, 0.15) is 0 Å². The number of aliphatic hydroxyl groups excluding tert-OH is 1. The number of hydrogen-bond donors (Lipinski definition) is 2. The summed E-state index contributed by atoms with van der Waals surface area (Å²) in [6.07, 6.45) is 11.0. The van der Waals surface area contributed by atoms with Crippen molar-refractivity contribution in [2.24, 2.45) is 46.3 Å². The molecular weight excluding hydrogens is 394 g/mol. The molecule has 0 saturated heterocycles. The van der Waals surface area contributed by atoms with E-state index in [-0.39, 0.29) is 46.7 Å². The van der Waals surface area contributed by atoms with Crippen LogP contribution in [-0.2, 0) is 0 Å². The van der Waals surface area contributed by atoms with Crippen molar-refractivity contribution < 1.29 is 19.0 Å². The van der Waals surface area contributed by atoms with E-state index in [4.69, 9.17) is 0 Å². The molecule has 0 aromatic rings. The van der Waals surface area contributed by atoms with Gasteiger partial charge in [0.15, 0.2) is 0 Å². The highest BCUT2D eigenvalue weighted by Gasteiger charge is 2.68. The van der Waals surface area contributed by atoms with Gasteiger partial charge in [0.25, 0.3) is 5.92 Å². The van der Waals surface area contributed by atoms with E-state index in [9.17, 15) is 10.2 Å². The second-order valence-electron chi connectivity index (χ2n) is 13.2. The summed E-state index contributed by atoms with van der Waals surface area (Å²) in [5.74, 6) is -1.73. The van der Waals surface area contributed by atoms with E-state index in [2.05, 4.69) is 20.8 Å². The zero-order valence-corrected chi connectivity index (χ0v) is 19.9. The molecule has 0 spiro atoms. The summed E-state index contributed by atoms with van der Waals surface area (Å²) >= 11 is 0. The first kappa shape index (κ1) is 22.6. The highest BCUT2D eigenvalue weighted by molar-refractivity contribution is 5.13. The quantitative estimate of drug-likeness (QED) is 0.509. The normalized spacial score (nSPS) is 50.8. The van der Waals surface area contributed by atoms with E-state index < -0.39 is 11.8 Å². The Kier molecular flexibility index (Phi) is 5.38. The first-order chi connectivity index (χ1) is 14.5. The molecule has 9 atom stereocenters. The van der Waals surface area contributed by atoms with Crippen LogP contribution in [-0.4, -0.2) is 27.8 Å². The lowest BCUT2D eigenvalue weighted by Gasteiger charge is -2.63. The Bertz CT molecular complexity index is 691. The molecular formula is C27H44F2O2. The molecule has 0 heterocycles. The van der Waals surface area contributed by atoms with Gasteiger partial charge < -0.3 is 10.2 Å². The minimum Gasteiger partial charge on any atom is -0.393 e. The van der Waals surface area contributed by atoms with Gasteiger partial charge in [0.2, 0.25) is 0 Å². The summed E-state index contributed by atoms with van der Waals surface area (Å²) in [5, 5.41) is 20.3. The van der Waals surface area contributed by atoms with Gasteiger partial charge in [-0.2, -0.15) is 0 Å². The monoisotopic (exact) mass is 438 g/mol. The van der Waals surface area contributed by atoms with Gasteiger partial charge in [0.05, 0.1) is 11.7 Å². The number of halogens is 2. The summed E-state index contributed by atoms with van der Waals surface area (Å²) < 4.78 is 31.6. The van der Waals surface area contributed by atoms with Crippen LogP contribution in [0, 0.1) is 46.3 Å². The van der Waals surface area contributed by atoms with E-state index in [0.717, 1.165) is 70.6 Å². The van der Waals surface area contributed by atoms with Gasteiger partial charge in [-0.25, -0.2) is 8.78 Å². The smallest absolute Gasteiger partial charge is 0.251 e. The maximum atomic E-state index is 15.8. The molecule has 5 saturated carbocycles. The van der Waals surface area contributed by atoms with Crippen LogP contribution in [0.15, 0.2) is 0 Å². The van der Waals surface area contributed by atoms with E-state index in [0.29, 0.717) is 18.3 Å². The number of alkyl halides is 2. The third-order valence-electron chi connectivity index (χ3n) is 11.5. The van der Waals surface area contributed by atoms with Gasteiger partial charge >= 0.3 is 0 Å². The Labute approximate surface area is 187 Å². The minimum atomic E-state index is -2.59. The van der Waals surface area contributed by atoms with Crippen LogP contribution in [0.5, 0.6) is 0 Å². The zero-order chi connectivity index (χ0) is 22.2. The molecule has 178 valence electrons. The Balaban J connectivity index is 1.34. The third-order valence-corrected chi connectivity index (χ3v) is 11.5. The van der Waals surface area contributed by atoms with Crippen LogP contribution < -0.4 is 0 Å². The van der Waals surface area contributed by atoms with E-state index in [1.54, 1.807) is 0 Å². The highest BCUT2D eigenvalue weighted by atomic mass is 19.3. The molecule has 5 aliphatic rings. The number of aliphatic hydroxyl groups is 2. The molecule has 2 nitrogen and oxygen atoms in total. The predicted molar refractivity (Wildman–Crippen MR) is 119 cm³/mol. The summed E-state index contributed by atoms with van der Waals surface area (Å²) in [6.45, 7) is 6.99. The number of fused-ring (bicyclic) bond motifs is 5. The SMILES string of the molecule is C[C@H](CCCC1(O)CC1)[C@H]1CC[C@H]2[C@H]3[C@H](CC[C@]12C)[C@@]1(C)CC[C@H](O)C[C@@H]1CC3(F)F. The summed E-state index contributed by atoms with van der Waals surface area (Å²) in [6, 6.07) is 0. The van der Waals surface area contributed by atoms with Crippen molar-refractivity contribution in [2.45, 2.75) is 122 Å². The second-order valence-corrected chi connectivity index (χ2v) is 13.2. The van der Waals surface area contributed by atoms with Crippen LogP contribution in [0.2, 0.25) is 0 Å². The third kappa shape index (κ3) is 3.61. The first-order valence-electron chi connectivity index (χ1n) is 13.3. The standard InChI is InChI=1S/C27H44F2O2/c1-17(5-4-10-26(31)13-14-26)20-6-7-21-23-22(9-12-25(20,21)3)24(2)11-8-19(30)15-18(24)16-27(23,28)29/h17-23,30-31H,4-16H2,1-3H3/t17-,18-,19+,20-,21+,22+,23+,24+,25-/m1/s1. The van der Waals surface area contributed by atoms with Crippen LogP contribution in [0.3, 0.4) is 0 Å². The fourth-order valence-corrected chi connectivity index (χ4v) is 9.46. The van der Waals surface area contributed by atoms with Crippen LogP contribution in [0.1, 0.15) is 104 Å². The average Bonchev–Trinajstić information content (AvgIpc) is 3.30. The van der Waals surface area contributed by atoms with Crippen molar-refractivity contribution in [3.63, 3.8) is 0 Å². The number of hydrogen-bond acceptors (Lipinski definition) is 2. The zero-order valence-electron chi connectivity index (χ0n) is 19.9. The molecule has 5 aliphatic carbocycles. The minimum absolute atomic E-state index is 0.00684. The summed E-state index contributed by atoms with van der Waals surface area (Å²) in [7, 11) is 0. The van der Waals surface area contributed by atoms with Gasteiger partial charge in [-0.3, -0.25) is 0 Å². The van der Waals surface area contributed by atoms with Crippen molar-refractivity contribution in [3.8, 4) is 0 Å². The lowest BCUT2D eigenvalue weighted by atomic mass is 9.43. The van der Waals surface area contributed by atoms with Crippen molar-refractivity contribution in [2.75, 3.05) is 0 Å². The van der Waals surface area contributed by atoms with Gasteiger partial charge in [-0.05, 0) is 105 Å². The topological polar surface area (TPSA) is 40.5 Å². The van der Waals surface area contributed by atoms with Crippen molar-refractivity contribution >= 4 is 0 Å². The van der Waals surface area contributed by atoms with Crippen molar-refractivity contribution in [1.29, 1.82) is 0 Å². The molecule has 0 aromatic carbocycles. The lowest BCUT2D eigenvalue weighted by Crippen LogP contribution is -2.61. The average molecular weight is 439 g/mol. The Morgan fingerprint density at radius 2 is 1.61 bits per heavy atom. The molecule has 0 unspecified atom stereocenters. The molecule has 5 rings (SSSR count). The summed E-state index contributed by atoms with van der Waals surface area (Å²) in [4.78, 5) is 0. The molecule has 2 N–H and O–H groups in total. The second kappa shape index (κ2) is 7.39. The van der Waals surface area contributed by atoms with Crippen LogP contribution >= 0.6 is 0 Å². The van der Waals surface area contributed by atoms with E-state index >= 15 is 8.78 Å². The van der Waals surface area contributed by atoms with E-state index in [1.807, 2.05) is 0 Å². The Morgan fingerprint density at radius 1 is 0.935 bits per heavy atom. The van der Waals surface area contributed by atoms with Crippen molar-refractivity contribution in [1.82, 2.24) is 0 Å². The van der Waals surface area contributed by atoms with E-state index in [1.165, 1.54) is 0 Å². The van der Waals surface area contributed by atoms with Crippen LogP contribution in [0.25, 0.3) is 0 Å². The Hall–Kier alpha value is -0.220. The van der Waals surface area contributed by atoms with Gasteiger partial charge in [-0.15, -0.1) is 0 Å². The van der Waals surface area contributed by atoms with Gasteiger partial charge in [-0.1, -0.05) is 33.6 Å². The van der Waals surface area contributed by atoms with Crippen molar-refractivity contribution in [3.05, 3.63) is 0 Å². The largest absolute Gasteiger partial charge is 0.393 e. The molecule has 0 radical (unpaired) electrons. The molecule has 0 aromatic heterocycles. The highest BCUT2D eigenvalue weighted by Crippen LogP contribution is 2.71. The van der Waals surface area contributed by atoms with Gasteiger partial charge in [0, 0.05) is 12.3 Å². The maximum absolute atomic E-state index is 15.8. The molecule has 0 bridgehead atoms. The summed E-state index contributed by atoms with van der Waals surface area (Å²) in [5.41, 5.74) is -0.349. The lowest BCUT2D eigenvalue weighted by molar-refractivity contribution is -0.238. The number of rotatable bonds is 5. The molecule has 31 heavy (non-hydrogen) atoms. The maximum Gasteiger partial charge on any atom is 0.251 e. The molecule has 5 fully saturated rings. The Morgan fingerprint density at radius 3 is 2.32 bits per heavy atom.